The first-order valence-electron chi connectivity index (χ1n) is 17.3. The summed E-state index contributed by atoms with van der Waals surface area (Å²) >= 11 is 0. The van der Waals surface area contributed by atoms with Crippen LogP contribution in [0.15, 0.2) is 12.2 Å². The van der Waals surface area contributed by atoms with Gasteiger partial charge in [-0.15, -0.1) is 0 Å². The van der Waals surface area contributed by atoms with E-state index in [0.717, 1.165) is 65.1 Å². The van der Waals surface area contributed by atoms with Crippen molar-refractivity contribution in [3.8, 4) is 0 Å². The molecule has 0 aromatic heterocycles. The molecule has 0 heterocycles. The first-order chi connectivity index (χ1) is 17.6. The predicted octanol–water partition coefficient (Wildman–Crippen LogP) is 11.5. The molecule has 10 unspecified atom stereocenters. The zero-order valence-electron chi connectivity index (χ0n) is 25.2. The van der Waals surface area contributed by atoms with Crippen molar-refractivity contribution in [2.75, 3.05) is 0 Å². The third-order valence-electron chi connectivity index (χ3n) is 12.4. The smallest absolute Gasteiger partial charge is 0.0194 e. The zero-order valence-corrected chi connectivity index (χ0v) is 25.2. The third kappa shape index (κ3) is 6.65. The summed E-state index contributed by atoms with van der Waals surface area (Å²) in [6, 6.07) is 0. The molecule has 0 amide bonds. The number of hydrogen-bond donors (Lipinski definition) is 0. The second kappa shape index (κ2) is 14.2. The van der Waals surface area contributed by atoms with E-state index in [2.05, 4.69) is 46.8 Å². The van der Waals surface area contributed by atoms with Crippen LogP contribution in [0.1, 0.15) is 150 Å². The van der Waals surface area contributed by atoms with Crippen molar-refractivity contribution in [3.63, 3.8) is 0 Å². The Kier molecular flexibility index (Phi) is 11.4. The van der Waals surface area contributed by atoms with Crippen LogP contribution in [0, 0.1) is 65.1 Å². The lowest BCUT2D eigenvalue weighted by Crippen LogP contribution is -2.51. The maximum Gasteiger partial charge on any atom is -0.0194 e. The van der Waals surface area contributed by atoms with E-state index in [9.17, 15) is 0 Å². The monoisotopic (exact) mass is 497 g/mol. The van der Waals surface area contributed by atoms with Gasteiger partial charge in [-0.05, 0) is 90.8 Å². The highest BCUT2D eigenvalue weighted by Gasteiger charge is 2.52. The SMILES string of the molecule is CCCCCC1C=CC(C2C(CC)C(CC)C(C(C)CCC(C)C3CCCCC3)C3CCCCC32)C1. The average Bonchev–Trinajstić information content (AvgIpc) is 3.39. The first kappa shape index (κ1) is 28.7. The summed E-state index contributed by atoms with van der Waals surface area (Å²) < 4.78 is 0. The third-order valence-corrected chi connectivity index (χ3v) is 12.4. The van der Waals surface area contributed by atoms with Gasteiger partial charge in [0.25, 0.3) is 0 Å². The Morgan fingerprint density at radius 1 is 0.694 bits per heavy atom. The minimum Gasteiger partial charge on any atom is -0.0851 e. The molecule has 0 aliphatic heterocycles. The summed E-state index contributed by atoms with van der Waals surface area (Å²) in [6.07, 6.45) is 32.2. The predicted molar refractivity (Wildman–Crippen MR) is 159 cm³/mol. The Labute approximate surface area is 227 Å². The highest BCUT2D eigenvalue weighted by molar-refractivity contribution is 5.09. The number of rotatable bonds is 12. The van der Waals surface area contributed by atoms with Crippen molar-refractivity contribution in [2.45, 2.75) is 150 Å². The molecule has 4 aliphatic carbocycles. The van der Waals surface area contributed by atoms with Gasteiger partial charge in [-0.1, -0.05) is 137 Å². The van der Waals surface area contributed by atoms with Gasteiger partial charge in [-0.25, -0.2) is 0 Å². The van der Waals surface area contributed by atoms with Crippen LogP contribution in [0.2, 0.25) is 0 Å². The molecule has 0 saturated heterocycles. The van der Waals surface area contributed by atoms with Crippen LogP contribution in [0.4, 0.5) is 0 Å². The van der Waals surface area contributed by atoms with Gasteiger partial charge >= 0.3 is 0 Å². The average molecular weight is 497 g/mol. The fraction of sp³-hybridized carbons (Fsp3) is 0.944. The number of hydrogen-bond acceptors (Lipinski definition) is 0. The Morgan fingerprint density at radius 3 is 2.06 bits per heavy atom. The summed E-state index contributed by atoms with van der Waals surface area (Å²) in [6.45, 7) is 12.8. The lowest BCUT2D eigenvalue weighted by Gasteiger charge is -2.57. The van der Waals surface area contributed by atoms with Crippen LogP contribution >= 0.6 is 0 Å². The van der Waals surface area contributed by atoms with Gasteiger partial charge in [-0.2, -0.15) is 0 Å². The maximum absolute atomic E-state index is 2.75. The summed E-state index contributed by atoms with van der Waals surface area (Å²) in [5, 5.41) is 0. The standard InChI is InChI=1S/C36H64/c1-6-9-11-16-28-23-24-30(25-28)36-32(8-3)31(7-2)35(33-19-14-15-20-34(33)36)27(5)22-21-26(4)29-17-12-10-13-18-29/h23-24,26-36H,6-22,25H2,1-5H3. The van der Waals surface area contributed by atoms with Crippen molar-refractivity contribution in [3.05, 3.63) is 12.2 Å². The van der Waals surface area contributed by atoms with E-state index in [4.69, 9.17) is 0 Å². The van der Waals surface area contributed by atoms with Crippen molar-refractivity contribution in [2.24, 2.45) is 65.1 Å². The van der Waals surface area contributed by atoms with E-state index in [1.54, 1.807) is 12.8 Å². The molecule has 0 aromatic rings. The van der Waals surface area contributed by atoms with Gasteiger partial charge in [0.1, 0.15) is 0 Å². The molecule has 0 radical (unpaired) electrons. The van der Waals surface area contributed by atoms with Crippen molar-refractivity contribution >= 4 is 0 Å². The van der Waals surface area contributed by atoms with Crippen LogP contribution in [0.25, 0.3) is 0 Å². The Balaban J connectivity index is 1.45. The summed E-state index contributed by atoms with van der Waals surface area (Å²) in [7, 11) is 0. The van der Waals surface area contributed by atoms with E-state index in [1.165, 1.54) is 103 Å². The number of unbranched alkanes of at least 4 members (excludes halogenated alkanes) is 2. The van der Waals surface area contributed by atoms with Gasteiger partial charge in [0, 0.05) is 0 Å². The molecule has 0 heteroatoms. The maximum atomic E-state index is 2.75. The summed E-state index contributed by atoms with van der Waals surface area (Å²) in [4.78, 5) is 0. The molecular formula is C36H64. The molecule has 0 aromatic carbocycles. The Bertz CT molecular complexity index is 632. The molecule has 3 fully saturated rings. The van der Waals surface area contributed by atoms with Crippen molar-refractivity contribution in [1.82, 2.24) is 0 Å². The highest BCUT2D eigenvalue weighted by atomic mass is 14.6. The van der Waals surface area contributed by atoms with Crippen molar-refractivity contribution in [1.29, 1.82) is 0 Å². The van der Waals surface area contributed by atoms with Gasteiger partial charge in [0.15, 0.2) is 0 Å². The van der Waals surface area contributed by atoms with Gasteiger partial charge in [0.2, 0.25) is 0 Å². The van der Waals surface area contributed by atoms with Crippen molar-refractivity contribution < 1.29 is 0 Å². The molecule has 208 valence electrons. The van der Waals surface area contributed by atoms with Gasteiger partial charge < -0.3 is 0 Å². The molecule has 3 saturated carbocycles. The molecular weight excluding hydrogens is 432 g/mol. The largest absolute Gasteiger partial charge is 0.0851 e. The van der Waals surface area contributed by atoms with E-state index in [1.807, 2.05) is 0 Å². The van der Waals surface area contributed by atoms with Crippen LogP contribution in [0.5, 0.6) is 0 Å². The second-order valence-corrected chi connectivity index (χ2v) is 14.4. The first-order valence-corrected chi connectivity index (χ1v) is 17.3. The fourth-order valence-corrected chi connectivity index (χ4v) is 10.6. The zero-order chi connectivity index (χ0) is 25.5. The lowest BCUT2D eigenvalue weighted by atomic mass is 9.48. The molecule has 0 bridgehead atoms. The molecule has 0 N–H and O–H groups in total. The minimum absolute atomic E-state index is 0.888. The molecule has 4 rings (SSSR count). The number of allylic oxidation sites excluding steroid dienone is 2. The molecule has 4 aliphatic rings. The van der Waals surface area contributed by atoms with E-state index in [-0.39, 0.29) is 0 Å². The van der Waals surface area contributed by atoms with E-state index >= 15 is 0 Å². The van der Waals surface area contributed by atoms with Crippen LogP contribution < -0.4 is 0 Å². The molecule has 0 nitrogen and oxygen atoms in total. The molecule has 10 atom stereocenters. The highest BCUT2D eigenvalue weighted by Crippen LogP contribution is 2.59. The normalized spacial score (nSPS) is 39.1. The Morgan fingerprint density at radius 2 is 1.36 bits per heavy atom. The quantitative estimate of drug-likeness (QED) is 0.186. The summed E-state index contributed by atoms with van der Waals surface area (Å²) in [5.41, 5.74) is 0. The summed E-state index contributed by atoms with van der Waals surface area (Å²) in [5.74, 6) is 10.7. The van der Waals surface area contributed by atoms with Crippen LogP contribution in [-0.2, 0) is 0 Å². The van der Waals surface area contributed by atoms with E-state index in [0.29, 0.717) is 0 Å². The number of fused-ring (bicyclic) bond motifs is 1. The van der Waals surface area contributed by atoms with Gasteiger partial charge in [0.05, 0.1) is 0 Å². The molecule has 0 spiro atoms. The molecule has 36 heavy (non-hydrogen) atoms. The lowest BCUT2D eigenvalue weighted by molar-refractivity contribution is -0.0840. The Hall–Kier alpha value is -0.260. The topological polar surface area (TPSA) is 0 Å². The fourth-order valence-electron chi connectivity index (χ4n) is 10.6. The van der Waals surface area contributed by atoms with Gasteiger partial charge in [-0.3, -0.25) is 0 Å². The van der Waals surface area contributed by atoms with E-state index < -0.39 is 0 Å². The second-order valence-electron chi connectivity index (χ2n) is 14.4. The van der Waals surface area contributed by atoms with Crippen LogP contribution in [-0.4, -0.2) is 0 Å². The minimum atomic E-state index is 0.888. The van der Waals surface area contributed by atoms with Crippen LogP contribution in [0.3, 0.4) is 0 Å².